The summed E-state index contributed by atoms with van der Waals surface area (Å²) in [7, 11) is -1.85. The van der Waals surface area contributed by atoms with Crippen molar-refractivity contribution in [2.75, 3.05) is 24.6 Å². The summed E-state index contributed by atoms with van der Waals surface area (Å²) in [5, 5.41) is 12.6. The molecule has 0 spiro atoms. The fourth-order valence-corrected chi connectivity index (χ4v) is 5.03. The Morgan fingerprint density at radius 3 is 2.59 bits per heavy atom. The highest BCUT2D eigenvalue weighted by Crippen LogP contribution is 2.36. The number of rotatable bonds is 9. The summed E-state index contributed by atoms with van der Waals surface area (Å²) in [5.74, 6) is -0.180. The van der Waals surface area contributed by atoms with Crippen LogP contribution in [0.4, 0.5) is 5.69 Å². The molecule has 0 radical (unpaired) electrons. The Kier molecular flexibility index (Phi) is 8.44. The normalized spacial score (nSPS) is 15.9. The molecule has 0 bridgehead atoms. The van der Waals surface area contributed by atoms with Crippen LogP contribution in [0.3, 0.4) is 0 Å². The van der Waals surface area contributed by atoms with Gasteiger partial charge in [0, 0.05) is 0 Å². The van der Waals surface area contributed by atoms with Gasteiger partial charge in [-0.05, 0) is 54.0 Å². The summed E-state index contributed by atoms with van der Waals surface area (Å²) in [4.78, 5) is 19.9. The van der Waals surface area contributed by atoms with E-state index in [0.29, 0.717) is 28.9 Å². The number of benzene rings is 1. The first kappa shape index (κ1) is 26.3. The third-order valence-corrected chi connectivity index (χ3v) is 11.9. The summed E-state index contributed by atoms with van der Waals surface area (Å²) in [5.41, 5.74) is 5.47. The van der Waals surface area contributed by atoms with E-state index in [0.717, 1.165) is 16.9 Å². The standard InChI is InChI=1S/C24H31ClN4O3SSi/c1-24(2,3)34(4,5)31-13-12-29(16-26)18-8-6-17(7-9-18)20-14-19(32-28-20)15-27-23(30)21-10-11-22(25)33-21/h6-11,14,19,28H,12-13,15H2,1-5H3,(H,27,30). The van der Waals surface area contributed by atoms with Crippen LogP contribution in [0.15, 0.2) is 42.5 Å². The highest BCUT2D eigenvalue weighted by Gasteiger charge is 2.37. The van der Waals surface area contributed by atoms with Gasteiger partial charge in [0.05, 0.1) is 40.3 Å². The molecule has 34 heavy (non-hydrogen) atoms. The molecule has 1 unspecified atom stereocenters. The summed E-state index contributed by atoms with van der Waals surface area (Å²) in [6.45, 7) is 12.4. The molecule has 0 saturated heterocycles. The molecule has 2 heterocycles. The van der Waals surface area contributed by atoms with E-state index in [1.54, 1.807) is 17.0 Å². The smallest absolute Gasteiger partial charge is 0.261 e. The average molecular weight is 519 g/mol. The summed E-state index contributed by atoms with van der Waals surface area (Å²) in [6.07, 6.45) is 3.88. The van der Waals surface area contributed by atoms with Gasteiger partial charge < -0.3 is 9.74 Å². The van der Waals surface area contributed by atoms with E-state index in [9.17, 15) is 10.1 Å². The fourth-order valence-electron chi connectivity index (χ4n) is 3.03. The predicted molar refractivity (Wildman–Crippen MR) is 140 cm³/mol. The van der Waals surface area contributed by atoms with Crippen LogP contribution in [-0.2, 0) is 9.26 Å². The highest BCUT2D eigenvalue weighted by molar-refractivity contribution is 7.18. The molecule has 2 aromatic rings. The number of anilines is 1. The minimum absolute atomic E-state index is 0.133. The van der Waals surface area contributed by atoms with Crippen LogP contribution in [0.5, 0.6) is 0 Å². The molecule has 10 heteroatoms. The molecule has 3 rings (SSSR count). The van der Waals surface area contributed by atoms with E-state index in [1.165, 1.54) is 11.3 Å². The van der Waals surface area contributed by atoms with Crippen molar-refractivity contribution in [1.82, 2.24) is 10.8 Å². The molecular formula is C24H31ClN4O3SSi. The van der Waals surface area contributed by atoms with Gasteiger partial charge in [0.2, 0.25) is 0 Å². The van der Waals surface area contributed by atoms with Gasteiger partial charge in [-0.1, -0.05) is 44.5 Å². The number of nitrogens with one attached hydrogen (secondary N) is 2. The second kappa shape index (κ2) is 10.9. The lowest BCUT2D eigenvalue weighted by atomic mass is 10.1. The average Bonchev–Trinajstić information content (AvgIpc) is 3.44. The monoisotopic (exact) mass is 518 g/mol. The van der Waals surface area contributed by atoms with Gasteiger partial charge in [0.1, 0.15) is 6.10 Å². The van der Waals surface area contributed by atoms with E-state index in [4.69, 9.17) is 20.9 Å². The van der Waals surface area contributed by atoms with Crippen molar-refractivity contribution < 1.29 is 14.1 Å². The van der Waals surface area contributed by atoms with Crippen LogP contribution < -0.4 is 15.7 Å². The van der Waals surface area contributed by atoms with Crippen molar-refractivity contribution in [2.24, 2.45) is 0 Å². The van der Waals surface area contributed by atoms with Crippen molar-refractivity contribution in [3.8, 4) is 6.19 Å². The van der Waals surface area contributed by atoms with Gasteiger partial charge in [-0.3, -0.25) is 20.0 Å². The minimum atomic E-state index is -1.85. The van der Waals surface area contributed by atoms with E-state index >= 15 is 0 Å². The molecule has 2 N–H and O–H groups in total. The topological polar surface area (TPSA) is 86.6 Å². The van der Waals surface area contributed by atoms with Crippen molar-refractivity contribution in [1.29, 1.82) is 5.26 Å². The molecule has 1 aliphatic heterocycles. The van der Waals surface area contributed by atoms with Crippen molar-refractivity contribution in [2.45, 2.75) is 45.0 Å². The molecular weight excluding hydrogens is 488 g/mol. The molecule has 0 aliphatic carbocycles. The van der Waals surface area contributed by atoms with Crippen molar-refractivity contribution >= 4 is 48.5 Å². The molecule has 0 fully saturated rings. The van der Waals surface area contributed by atoms with Crippen LogP contribution in [-0.4, -0.2) is 40.0 Å². The second-order valence-electron chi connectivity index (χ2n) is 9.56. The van der Waals surface area contributed by atoms with Gasteiger partial charge >= 0.3 is 0 Å². The second-order valence-corrected chi connectivity index (χ2v) is 16.1. The number of hydroxylamine groups is 1. The van der Waals surface area contributed by atoms with Crippen LogP contribution in [0.1, 0.15) is 36.0 Å². The number of amides is 1. The molecule has 1 amide bonds. The number of carbonyl (C=O) groups excluding carboxylic acids is 1. The van der Waals surface area contributed by atoms with Crippen LogP contribution >= 0.6 is 22.9 Å². The number of thiophene rings is 1. The van der Waals surface area contributed by atoms with Crippen molar-refractivity contribution in [3.63, 3.8) is 0 Å². The Balaban J connectivity index is 1.54. The Morgan fingerprint density at radius 2 is 2.00 bits per heavy atom. The van der Waals surface area contributed by atoms with Gasteiger partial charge in [-0.15, -0.1) is 11.3 Å². The first-order valence-corrected chi connectivity index (χ1v) is 15.2. The Hall–Kier alpha value is -2.35. The quantitative estimate of drug-likeness (QED) is 0.263. The number of nitriles is 1. The van der Waals surface area contributed by atoms with Gasteiger partial charge in [-0.2, -0.15) is 5.26 Å². The zero-order valence-corrected chi connectivity index (χ0v) is 22.7. The largest absolute Gasteiger partial charge is 0.415 e. The Labute approximate surface area is 211 Å². The molecule has 7 nitrogen and oxygen atoms in total. The van der Waals surface area contributed by atoms with Crippen LogP contribution in [0.2, 0.25) is 22.5 Å². The molecule has 1 aliphatic rings. The SMILES string of the molecule is CC(C)(C)[Si](C)(C)OCCN(C#N)c1ccc(C2=CC(CNC(=O)c3ccc(Cl)s3)ON2)cc1. The number of hydrogen-bond donors (Lipinski definition) is 2. The molecule has 0 saturated carbocycles. The lowest BCUT2D eigenvalue weighted by molar-refractivity contribution is 0.0499. The molecule has 1 atom stereocenters. The van der Waals surface area contributed by atoms with E-state index in [2.05, 4.69) is 50.9 Å². The van der Waals surface area contributed by atoms with Crippen LogP contribution in [0.25, 0.3) is 5.70 Å². The van der Waals surface area contributed by atoms with Crippen LogP contribution in [0, 0.1) is 11.5 Å². The first-order valence-electron chi connectivity index (χ1n) is 11.1. The number of hydrogen-bond acceptors (Lipinski definition) is 7. The fraction of sp³-hybridized carbons (Fsp3) is 0.417. The van der Waals surface area contributed by atoms with E-state index in [1.807, 2.05) is 30.3 Å². The maximum absolute atomic E-state index is 12.2. The Bertz CT molecular complexity index is 1070. The van der Waals surface area contributed by atoms with E-state index in [-0.39, 0.29) is 17.0 Å². The molecule has 1 aromatic carbocycles. The zero-order chi connectivity index (χ0) is 24.9. The number of nitrogens with zero attached hydrogens (tertiary/aromatic N) is 2. The highest BCUT2D eigenvalue weighted by atomic mass is 35.5. The third-order valence-electron chi connectivity index (χ3n) is 6.13. The van der Waals surface area contributed by atoms with Gasteiger partial charge in [0.25, 0.3) is 5.91 Å². The maximum atomic E-state index is 12.2. The number of halogens is 1. The lowest BCUT2D eigenvalue weighted by Crippen LogP contribution is -2.42. The van der Waals surface area contributed by atoms with E-state index < -0.39 is 8.32 Å². The maximum Gasteiger partial charge on any atom is 0.261 e. The first-order chi connectivity index (χ1) is 16.0. The minimum Gasteiger partial charge on any atom is -0.415 e. The molecule has 182 valence electrons. The van der Waals surface area contributed by atoms with Crippen molar-refractivity contribution in [3.05, 3.63) is 57.3 Å². The van der Waals surface area contributed by atoms with Gasteiger partial charge in [0.15, 0.2) is 14.5 Å². The summed E-state index contributed by atoms with van der Waals surface area (Å²) >= 11 is 7.12. The zero-order valence-electron chi connectivity index (χ0n) is 20.1. The third kappa shape index (κ3) is 6.61. The lowest BCUT2D eigenvalue weighted by Gasteiger charge is -2.36. The Morgan fingerprint density at radius 1 is 1.29 bits per heavy atom. The van der Waals surface area contributed by atoms with Gasteiger partial charge in [-0.25, -0.2) is 0 Å². The summed E-state index contributed by atoms with van der Waals surface area (Å²) in [6, 6.07) is 11.1. The number of carbonyl (C=O) groups is 1. The molecule has 1 aromatic heterocycles. The predicted octanol–water partition coefficient (Wildman–Crippen LogP) is 5.39. The summed E-state index contributed by atoms with van der Waals surface area (Å²) < 4.78 is 6.78.